The van der Waals surface area contributed by atoms with E-state index in [0.717, 1.165) is 38.6 Å². The van der Waals surface area contributed by atoms with Crippen LogP contribution in [0.1, 0.15) is 17.8 Å². The van der Waals surface area contributed by atoms with Crippen LogP contribution in [0, 0.1) is 6.92 Å². The summed E-state index contributed by atoms with van der Waals surface area (Å²) in [5, 5.41) is 12.1. The third-order valence-corrected chi connectivity index (χ3v) is 6.81. The number of carboxylic acids is 1. The van der Waals surface area contributed by atoms with Crippen molar-refractivity contribution in [1.82, 2.24) is 14.5 Å². The third-order valence-electron chi connectivity index (χ3n) is 5.94. The van der Waals surface area contributed by atoms with Gasteiger partial charge in [-0.05, 0) is 53.9 Å². The standard InChI is InChI=1S/C28H24N4O2S/c1-18-4-2-3-5-22(18)25-17-35-28(31-25)23-11-10-21(16-24(23)19-6-8-20(29)9-7-19)32-15-14-30-26(32)12-13-27(33)34/h2-11,14-17H,12-13,29H2,1H3,(H,33,34). The molecule has 2 aromatic heterocycles. The summed E-state index contributed by atoms with van der Waals surface area (Å²) < 4.78 is 1.94. The molecular weight excluding hydrogens is 456 g/mol. The molecule has 2 heterocycles. The number of imidazole rings is 1. The Morgan fingerprint density at radius 2 is 1.83 bits per heavy atom. The Morgan fingerprint density at radius 1 is 1.03 bits per heavy atom. The van der Waals surface area contributed by atoms with Crippen molar-refractivity contribution < 1.29 is 9.90 Å². The van der Waals surface area contributed by atoms with Gasteiger partial charge in [0, 0.05) is 46.7 Å². The quantitative estimate of drug-likeness (QED) is 0.269. The van der Waals surface area contributed by atoms with E-state index in [0.29, 0.717) is 17.9 Å². The highest BCUT2D eigenvalue weighted by Gasteiger charge is 2.16. The van der Waals surface area contributed by atoms with Crippen LogP contribution in [0.4, 0.5) is 5.69 Å². The number of nitrogen functional groups attached to an aromatic ring is 1. The monoisotopic (exact) mass is 480 g/mol. The Balaban J connectivity index is 1.60. The largest absolute Gasteiger partial charge is 0.481 e. The first-order chi connectivity index (χ1) is 17.0. The minimum Gasteiger partial charge on any atom is -0.481 e. The molecule has 0 bridgehead atoms. The Labute approximate surface area is 207 Å². The van der Waals surface area contributed by atoms with Crippen LogP contribution in [0.25, 0.3) is 38.6 Å². The van der Waals surface area contributed by atoms with Crippen LogP contribution in [-0.4, -0.2) is 25.6 Å². The summed E-state index contributed by atoms with van der Waals surface area (Å²) in [6.07, 6.45) is 3.94. The molecule has 0 aliphatic carbocycles. The van der Waals surface area contributed by atoms with Crippen LogP contribution in [0.3, 0.4) is 0 Å². The molecule has 0 atom stereocenters. The second kappa shape index (κ2) is 9.56. The maximum Gasteiger partial charge on any atom is 0.303 e. The van der Waals surface area contributed by atoms with Crippen LogP contribution in [0.5, 0.6) is 0 Å². The smallest absolute Gasteiger partial charge is 0.303 e. The van der Waals surface area contributed by atoms with E-state index in [1.165, 1.54) is 5.56 Å². The molecule has 3 aromatic carbocycles. The van der Waals surface area contributed by atoms with Gasteiger partial charge >= 0.3 is 5.97 Å². The number of nitrogens with two attached hydrogens (primary N) is 1. The predicted molar refractivity (Wildman–Crippen MR) is 141 cm³/mol. The molecule has 0 radical (unpaired) electrons. The van der Waals surface area contributed by atoms with Gasteiger partial charge in [0.1, 0.15) is 10.8 Å². The van der Waals surface area contributed by atoms with E-state index < -0.39 is 5.97 Å². The van der Waals surface area contributed by atoms with Crippen molar-refractivity contribution in [3.63, 3.8) is 0 Å². The van der Waals surface area contributed by atoms with E-state index in [9.17, 15) is 4.79 Å². The van der Waals surface area contributed by atoms with Gasteiger partial charge in [0.05, 0.1) is 12.1 Å². The molecule has 3 N–H and O–H groups in total. The Morgan fingerprint density at radius 3 is 2.60 bits per heavy atom. The average Bonchev–Trinajstić information content (AvgIpc) is 3.53. The van der Waals surface area contributed by atoms with Gasteiger partial charge in [-0.15, -0.1) is 11.3 Å². The number of nitrogens with zero attached hydrogens (tertiary/aromatic N) is 3. The van der Waals surface area contributed by atoms with E-state index in [4.69, 9.17) is 15.8 Å². The molecule has 7 heteroatoms. The summed E-state index contributed by atoms with van der Waals surface area (Å²) in [6, 6.07) is 22.2. The molecule has 0 unspecified atom stereocenters. The normalized spacial score (nSPS) is 11.0. The summed E-state index contributed by atoms with van der Waals surface area (Å²) in [5.74, 6) is -0.134. The number of benzene rings is 3. The third kappa shape index (κ3) is 4.72. The molecule has 5 aromatic rings. The number of anilines is 1. The highest BCUT2D eigenvalue weighted by atomic mass is 32.1. The Kier molecular flexibility index (Phi) is 6.16. The first-order valence-corrected chi connectivity index (χ1v) is 12.1. The lowest BCUT2D eigenvalue weighted by molar-refractivity contribution is -0.137. The van der Waals surface area contributed by atoms with Crippen LogP contribution in [0.2, 0.25) is 0 Å². The average molecular weight is 481 g/mol. The molecular formula is C28H24N4O2S. The Hall–Kier alpha value is -4.23. The lowest BCUT2D eigenvalue weighted by Gasteiger charge is -2.13. The summed E-state index contributed by atoms with van der Waals surface area (Å²) in [5.41, 5.74) is 13.9. The molecule has 0 aliphatic rings. The van der Waals surface area contributed by atoms with Crippen molar-refractivity contribution in [1.29, 1.82) is 0 Å². The summed E-state index contributed by atoms with van der Waals surface area (Å²) in [7, 11) is 0. The van der Waals surface area contributed by atoms with Crippen molar-refractivity contribution in [2.75, 3.05) is 5.73 Å². The van der Waals surface area contributed by atoms with Crippen LogP contribution < -0.4 is 5.73 Å². The fourth-order valence-electron chi connectivity index (χ4n) is 4.12. The van der Waals surface area contributed by atoms with Gasteiger partial charge in [-0.1, -0.05) is 36.4 Å². The number of rotatable bonds is 7. The number of carboxylic acid groups (broad SMARTS) is 1. The zero-order valence-electron chi connectivity index (χ0n) is 19.2. The van der Waals surface area contributed by atoms with Gasteiger partial charge in [0.15, 0.2) is 0 Å². The Bertz CT molecular complexity index is 1500. The number of thiazole rings is 1. The molecule has 5 rings (SSSR count). The number of aromatic nitrogens is 3. The molecule has 0 amide bonds. The minimum absolute atomic E-state index is 0.0285. The maximum absolute atomic E-state index is 11.1. The molecule has 0 saturated heterocycles. The first-order valence-electron chi connectivity index (χ1n) is 11.3. The van der Waals surface area contributed by atoms with Crippen LogP contribution in [0.15, 0.2) is 84.5 Å². The molecule has 0 saturated carbocycles. The highest BCUT2D eigenvalue weighted by molar-refractivity contribution is 7.13. The SMILES string of the molecule is Cc1ccccc1-c1csc(-c2ccc(-n3ccnc3CCC(=O)O)cc2-c2ccc(N)cc2)n1. The van der Waals surface area contributed by atoms with Gasteiger partial charge in [-0.25, -0.2) is 9.97 Å². The number of carbonyl (C=O) groups is 1. The predicted octanol–water partition coefficient (Wildman–Crippen LogP) is 6.24. The molecule has 0 spiro atoms. The van der Waals surface area contributed by atoms with Gasteiger partial charge in [0.2, 0.25) is 0 Å². The number of aryl methyl sites for hydroxylation is 2. The van der Waals surface area contributed by atoms with Crippen molar-refractivity contribution in [3.05, 3.63) is 95.9 Å². The van der Waals surface area contributed by atoms with E-state index >= 15 is 0 Å². The van der Waals surface area contributed by atoms with Crippen LogP contribution in [-0.2, 0) is 11.2 Å². The fourth-order valence-corrected chi connectivity index (χ4v) is 4.98. The van der Waals surface area contributed by atoms with Crippen molar-refractivity contribution in [2.45, 2.75) is 19.8 Å². The first kappa shape index (κ1) is 22.6. The number of hydrogen-bond donors (Lipinski definition) is 2. The summed E-state index contributed by atoms with van der Waals surface area (Å²) in [6.45, 7) is 2.09. The summed E-state index contributed by atoms with van der Waals surface area (Å²) in [4.78, 5) is 20.4. The molecule has 174 valence electrons. The zero-order valence-corrected chi connectivity index (χ0v) is 20.0. The lowest BCUT2D eigenvalue weighted by atomic mass is 9.98. The van der Waals surface area contributed by atoms with Crippen molar-refractivity contribution >= 4 is 23.0 Å². The fraction of sp³-hybridized carbons (Fsp3) is 0.107. The number of hydrogen-bond acceptors (Lipinski definition) is 5. The highest BCUT2D eigenvalue weighted by Crippen LogP contribution is 2.38. The van der Waals surface area contributed by atoms with E-state index in [2.05, 4.69) is 41.6 Å². The van der Waals surface area contributed by atoms with Crippen LogP contribution >= 0.6 is 11.3 Å². The second-order valence-electron chi connectivity index (χ2n) is 8.31. The van der Waals surface area contributed by atoms with Crippen molar-refractivity contribution in [2.24, 2.45) is 0 Å². The molecule has 35 heavy (non-hydrogen) atoms. The van der Waals surface area contributed by atoms with E-state index in [1.807, 2.05) is 53.2 Å². The number of aliphatic carboxylic acids is 1. The van der Waals surface area contributed by atoms with Gasteiger partial charge in [0.25, 0.3) is 0 Å². The van der Waals surface area contributed by atoms with Gasteiger partial charge in [-0.2, -0.15) is 0 Å². The summed E-state index contributed by atoms with van der Waals surface area (Å²) >= 11 is 1.62. The topological polar surface area (TPSA) is 94.0 Å². The molecule has 6 nitrogen and oxygen atoms in total. The zero-order chi connectivity index (χ0) is 24.4. The van der Waals surface area contributed by atoms with E-state index in [-0.39, 0.29) is 6.42 Å². The minimum atomic E-state index is -0.842. The van der Waals surface area contributed by atoms with E-state index in [1.54, 1.807) is 17.5 Å². The lowest BCUT2D eigenvalue weighted by Crippen LogP contribution is -2.05. The van der Waals surface area contributed by atoms with Gasteiger partial charge in [-0.3, -0.25) is 4.79 Å². The maximum atomic E-state index is 11.1. The van der Waals surface area contributed by atoms with Crippen molar-refractivity contribution in [3.8, 4) is 38.6 Å². The molecule has 0 aliphatic heterocycles. The van der Waals surface area contributed by atoms with Gasteiger partial charge < -0.3 is 15.4 Å². The molecule has 0 fully saturated rings. The second-order valence-corrected chi connectivity index (χ2v) is 9.17.